The van der Waals surface area contributed by atoms with Crippen LogP contribution < -0.4 is 5.32 Å². The van der Waals surface area contributed by atoms with Crippen molar-refractivity contribution in [2.45, 2.75) is 25.3 Å². The first-order valence-corrected chi connectivity index (χ1v) is 8.52. The summed E-state index contributed by atoms with van der Waals surface area (Å²) >= 11 is 0. The summed E-state index contributed by atoms with van der Waals surface area (Å²) in [6.07, 6.45) is 2.64. The highest BCUT2D eigenvalue weighted by Crippen LogP contribution is 2.18. The van der Waals surface area contributed by atoms with E-state index in [0.717, 1.165) is 25.2 Å². The van der Waals surface area contributed by atoms with Crippen LogP contribution in [0.4, 0.5) is 4.39 Å². The second-order valence-electron chi connectivity index (χ2n) is 6.35. The SMILES string of the molecule is O=C(Cc1cccc(F)c1)NC(CN1CCCC1)c1ccccc1. The van der Waals surface area contributed by atoms with E-state index in [0.29, 0.717) is 5.56 Å². The minimum absolute atomic E-state index is 0.0367. The number of carbonyl (C=O) groups excluding carboxylic acids is 1. The van der Waals surface area contributed by atoms with Gasteiger partial charge < -0.3 is 10.2 Å². The summed E-state index contributed by atoms with van der Waals surface area (Å²) in [4.78, 5) is 14.8. The molecule has 1 heterocycles. The zero-order valence-corrected chi connectivity index (χ0v) is 13.7. The molecule has 2 aromatic carbocycles. The summed E-state index contributed by atoms with van der Waals surface area (Å²) in [7, 11) is 0. The van der Waals surface area contributed by atoms with Gasteiger partial charge in [-0.05, 0) is 49.2 Å². The maximum absolute atomic E-state index is 13.3. The third-order valence-electron chi connectivity index (χ3n) is 4.43. The molecule has 1 unspecified atom stereocenters. The van der Waals surface area contributed by atoms with Crippen LogP contribution in [0.3, 0.4) is 0 Å². The van der Waals surface area contributed by atoms with E-state index in [4.69, 9.17) is 0 Å². The Balaban J connectivity index is 1.67. The summed E-state index contributed by atoms with van der Waals surface area (Å²) in [6.45, 7) is 2.99. The third-order valence-corrected chi connectivity index (χ3v) is 4.43. The number of likely N-dealkylation sites (tertiary alicyclic amines) is 1. The van der Waals surface area contributed by atoms with E-state index in [1.54, 1.807) is 12.1 Å². The number of nitrogens with zero attached hydrogens (tertiary/aromatic N) is 1. The Morgan fingerprint density at radius 2 is 1.83 bits per heavy atom. The molecule has 3 nitrogen and oxygen atoms in total. The second kappa shape index (κ2) is 8.06. The Bertz CT molecular complexity index is 668. The summed E-state index contributed by atoms with van der Waals surface area (Å²) in [5.74, 6) is -0.384. The molecule has 0 radical (unpaired) electrons. The van der Waals surface area contributed by atoms with Gasteiger partial charge in [0.25, 0.3) is 0 Å². The maximum Gasteiger partial charge on any atom is 0.224 e. The van der Waals surface area contributed by atoms with Gasteiger partial charge in [-0.1, -0.05) is 42.5 Å². The summed E-state index contributed by atoms with van der Waals surface area (Å²) in [6, 6.07) is 16.2. The highest BCUT2D eigenvalue weighted by molar-refractivity contribution is 5.79. The van der Waals surface area contributed by atoms with Crippen LogP contribution in [-0.2, 0) is 11.2 Å². The number of nitrogens with one attached hydrogen (secondary N) is 1. The van der Waals surface area contributed by atoms with Crippen LogP contribution in [0.25, 0.3) is 0 Å². The molecule has 0 bridgehead atoms. The number of carbonyl (C=O) groups is 1. The van der Waals surface area contributed by atoms with Crippen molar-refractivity contribution in [3.05, 3.63) is 71.5 Å². The fourth-order valence-electron chi connectivity index (χ4n) is 3.22. The predicted octanol–water partition coefficient (Wildman–Crippen LogP) is 3.32. The highest BCUT2D eigenvalue weighted by Gasteiger charge is 2.20. The van der Waals surface area contributed by atoms with Crippen molar-refractivity contribution in [2.75, 3.05) is 19.6 Å². The van der Waals surface area contributed by atoms with E-state index in [2.05, 4.69) is 10.2 Å². The Hall–Kier alpha value is -2.20. The van der Waals surface area contributed by atoms with Gasteiger partial charge in [0.15, 0.2) is 0 Å². The number of benzene rings is 2. The lowest BCUT2D eigenvalue weighted by atomic mass is 10.1. The van der Waals surface area contributed by atoms with Gasteiger partial charge in [0, 0.05) is 6.54 Å². The quantitative estimate of drug-likeness (QED) is 0.883. The molecule has 1 saturated heterocycles. The first kappa shape index (κ1) is 16.7. The topological polar surface area (TPSA) is 32.3 Å². The average Bonchev–Trinajstić information content (AvgIpc) is 3.08. The second-order valence-corrected chi connectivity index (χ2v) is 6.35. The van der Waals surface area contributed by atoms with Crippen molar-refractivity contribution in [1.82, 2.24) is 10.2 Å². The molecular formula is C20H23FN2O. The van der Waals surface area contributed by atoms with E-state index >= 15 is 0 Å². The molecule has 4 heteroatoms. The van der Waals surface area contributed by atoms with Crippen LogP contribution in [0.1, 0.15) is 30.0 Å². The molecule has 3 rings (SSSR count). The smallest absolute Gasteiger partial charge is 0.224 e. The van der Waals surface area contributed by atoms with Crippen LogP contribution in [0, 0.1) is 5.82 Å². The lowest BCUT2D eigenvalue weighted by molar-refractivity contribution is -0.121. The first-order chi connectivity index (χ1) is 11.7. The Labute approximate surface area is 142 Å². The van der Waals surface area contributed by atoms with Crippen LogP contribution in [-0.4, -0.2) is 30.4 Å². The van der Waals surface area contributed by atoms with E-state index in [1.165, 1.54) is 25.0 Å². The molecule has 1 fully saturated rings. The van der Waals surface area contributed by atoms with Crippen molar-refractivity contribution < 1.29 is 9.18 Å². The van der Waals surface area contributed by atoms with E-state index < -0.39 is 0 Å². The summed E-state index contributed by atoms with van der Waals surface area (Å²) in [5.41, 5.74) is 1.80. The minimum Gasteiger partial charge on any atom is -0.348 e. The monoisotopic (exact) mass is 326 g/mol. The molecule has 0 aliphatic carbocycles. The molecule has 2 aromatic rings. The minimum atomic E-state index is -0.308. The standard InChI is InChI=1S/C20H23FN2O/c21-18-10-6-7-16(13-18)14-20(24)22-19(15-23-11-4-5-12-23)17-8-2-1-3-9-17/h1-3,6-10,13,19H,4-5,11-12,14-15H2,(H,22,24). The summed E-state index contributed by atoms with van der Waals surface area (Å²) in [5, 5.41) is 3.13. The highest BCUT2D eigenvalue weighted by atomic mass is 19.1. The van der Waals surface area contributed by atoms with Crippen LogP contribution in [0.5, 0.6) is 0 Å². The molecule has 126 valence electrons. The van der Waals surface area contributed by atoms with Crippen LogP contribution >= 0.6 is 0 Å². The number of hydrogen-bond acceptors (Lipinski definition) is 2. The maximum atomic E-state index is 13.3. The fraction of sp³-hybridized carbons (Fsp3) is 0.350. The number of halogens is 1. The molecule has 0 aromatic heterocycles. The Kier molecular flexibility index (Phi) is 5.59. The molecular weight excluding hydrogens is 303 g/mol. The molecule has 1 atom stereocenters. The van der Waals surface area contributed by atoms with Crippen LogP contribution in [0.15, 0.2) is 54.6 Å². The molecule has 1 aliphatic rings. The van der Waals surface area contributed by atoms with Gasteiger partial charge in [-0.15, -0.1) is 0 Å². The molecule has 24 heavy (non-hydrogen) atoms. The fourth-order valence-corrected chi connectivity index (χ4v) is 3.22. The predicted molar refractivity (Wildman–Crippen MR) is 93.1 cm³/mol. The molecule has 0 spiro atoms. The number of amides is 1. The largest absolute Gasteiger partial charge is 0.348 e. The third kappa shape index (κ3) is 4.65. The van der Waals surface area contributed by atoms with Gasteiger partial charge in [0.05, 0.1) is 12.5 Å². The van der Waals surface area contributed by atoms with Gasteiger partial charge in [-0.25, -0.2) is 4.39 Å². The molecule has 1 N–H and O–H groups in total. The van der Waals surface area contributed by atoms with Crippen LogP contribution in [0.2, 0.25) is 0 Å². The zero-order chi connectivity index (χ0) is 16.8. The van der Waals surface area contributed by atoms with E-state index in [9.17, 15) is 9.18 Å². The lowest BCUT2D eigenvalue weighted by Gasteiger charge is -2.25. The van der Waals surface area contributed by atoms with Gasteiger partial charge in [-0.2, -0.15) is 0 Å². The van der Waals surface area contributed by atoms with Crippen molar-refractivity contribution >= 4 is 5.91 Å². The van der Waals surface area contributed by atoms with Gasteiger partial charge >= 0.3 is 0 Å². The van der Waals surface area contributed by atoms with Crippen molar-refractivity contribution in [3.63, 3.8) is 0 Å². The van der Waals surface area contributed by atoms with Gasteiger partial charge in [-0.3, -0.25) is 4.79 Å². The molecule has 1 amide bonds. The number of rotatable bonds is 6. The molecule has 0 saturated carbocycles. The van der Waals surface area contributed by atoms with E-state index in [1.807, 2.05) is 30.3 Å². The Morgan fingerprint density at radius 1 is 1.08 bits per heavy atom. The zero-order valence-electron chi connectivity index (χ0n) is 13.7. The van der Waals surface area contributed by atoms with Crippen molar-refractivity contribution in [3.8, 4) is 0 Å². The summed E-state index contributed by atoms with van der Waals surface area (Å²) < 4.78 is 13.3. The van der Waals surface area contributed by atoms with Gasteiger partial charge in [0.1, 0.15) is 5.82 Å². The lowest BCUT2D eigenvalue weighted by Crippen LogP contribution is -2.37. The van der Waals surface area contributed by atoms with Crippen molar-refractivity contribution in [2.24, 2.45) is 0 Å². The average molecular weight is 326 g/mol. The van der Waals surface area contributed by atoms with Gasteiger partial charge in [0.2, 0.25) is 5.91 Å². The van der Waals surface area contributed by atoms with Crippen molar-refractivity contribution in [1.29, 1.82) is 0 Å². The number of hydrogen-bond donors (Lipinski definition) is 1. The Morgan fingerprint density at radius 3 is 2.54 bits per heavy atom. The normalized spacial score (nSPS) is 16.0. The van der Waals surface area contributed by atoms with E-state index in [-0.39, 0.29) is 24.2 Å². The molecule has 1 aliphatic heterocycles. The first-order valence-electron chi connectivity index (χ1n) is 8.52.